The van der Waals surface area contributed by atoms with Gasteiger partial charge in [-0.1, -0.05) is 12.2 Å². The van der Waals surface area contributed by atoms with Gasteiger partial charge in [0.05, 0.1) is 0 Å². The first kappa shape index (κ1) is 17.8. The quantitative estimate of drug-likeness (QED) is 0.623. The van der Waals surface area contributed by atoms with Gasteiger partial charge in [0, 0.05) is 32.9 Å². The normalized spacial score (nSPS) is 11.4. The molecular weight excluding hydrogens is 280 g/mol. The zero-order valence-corrected chi connectivity index (χ0v) is 13.6. The third-order valence-corrected chi connectivity index (χ3v) is 2.70. The summed E-state index contributed by atoms with van der Waals surface area (Å²) < 4.78 is 6.92. The number of nitrogens with one attached hydrogen (secondary N) is 2. The molecular formula is C16H24N4O2. The maximum Gasteiger partial charge on any atom is 0.407 e. The summed E-state index contributed by atoms with van der Waals surface area (Å²) in [6.45, 7) is 7.29. The van der Waals surface area contributed by atoms with Gasteiger partial charge in [-0.2, -0.15) is 5.26 Å². The number of hydrogen-bond acceptors (Lipinski definition) is 4. The van der Waals surface area contributed by atoms with Crippen molar-refractivity contribution in [2.24, 2.45) is 7.05 Å². The largest absolute Gasteiger partial charge is 0.444 e. The lowest BCUT2D eigenvalue weighted by molar-refractivity contribution is 0.0534. The summed E-state index contributed by atoms with van der Waals surface area (Å²) in [5.41, 5.74) is 1.24. The lowest BCUT2D eigenvalue weighted by atomic mass is 10.2. The molecule has 0 aliphatic rings. The minimum absolute atomic E-state index is 0.418. The number of carbonyl (C=O) groups is 1. The first-order valence-corrected chi connectivity index (χ1v) is 7.20. The summed E-state index contributed by atoms with van der Waals surface area (Å²) in [7, 11) is 1.85. The van der Waals surface area contributed by atoms with Crippen molar-refractivity contribution >= 4 is 6.09 Å². The molecule has 0 fully saturated rings. The second-order valence-electron chi connectivity index (χ2n) is 5.94. The Morgan fingerprint density at radius 3 is 2.68 bits per heavy atom. The third kappa shape index (κ3) is 6.95. The highest BCUT2D eigenvalue weighted by Gasteiger charge is 2.14. The van der Waals surface area contributed by atoms with Crippen LogP contribution in [0.15, 0.2) is 24.4 Å². The van der Waals surface area contributed by atoms with Crippen LogP contribution in [0.4, 0.5) is 4.79 Å². The fourth-order valence-electron chi connectivity index (χ4n) is 1.76. The van der Waals surface area contributed by atoms with Gasteiger partial charge < -0.3 is 19.9 Å². The number of aromatic nitrogens is 1. The molecule has 0 spiro atoms. The van der Waals surface area contributed by atoms with Gasteiger partial charge >= 0.3 is 6.09 Å². The number of alkyl carbamates (subject to hydrolysis) is 1. The predicted octanol–water partition coefficient (Wildman–Crippen LogP) is 2.07. The van der Waals surface area contributed by atoms with Crippen LogP contribution >= 0.6 is 0 Å². The van der Waals surface area contributed by atoms with E-state index in [2.05, 4.69) is 16.7 Å². The molecule has 1 aromatic heterocycles. The summed E-state index contributed by atoms with van der Waals surface area (Å²) in [5.74, 6) is 0. The Morgan fingerprint density at radius 2 is 2.09 bits per heavy atom. The Hall–Kier alpha value is -2.26. The molecule has 0 aliphatic heterocycles. The molecule has 6 nitrogen and oxygen atoms in total. The molecule has 0 unspecified atom stereocenters. The molecule has 0 aromatic carbocycles. The second kappa shape index (κ2) is 8.25. The number of carbonyl (C=O) groups excluding carboxylic acids is 1. The van der Waals surface area contributed by atoms with Gasteiger partial charge in [-0.05, 0) is 32.4 Å². The SMILES string of the molecule is Cn1cc(CNC/C=C/CNC(=O)OC(C)(C)C)cc1C#N. The highest BCUT2D eigenvalue weighted by atomic mass is 16.6. The third-order valence-electron chi connectivity index (χ3n) is 2.70. The number of ether oxygens (including phenoxy) is 1. The van der Waals surface area contributed by atoms with Crippen molar-refractivity contribution in [2.75, 3.05) is 13.1 Å². The van der Waals surface area contributed by atoms with Gasteiger partial charge in [0.25, 0.3) is 0 Å². The van der Waals surface area contributed by atoms with Crippen LogP contribution < -0.4 is 10.6 Å². The van der Waals surface area contributed by atoms with Crippen LogP contribution in [-0.2, 0) is 18.3 Å². The van der Waals surface area contributed by atoms with Gasteiger partial charge in [-0.25, -0.2) is 4.79 Å². The maximum absolute atomic E-state index is 11.4. The van der Waals surface area contributed by atoms with Crippen molar-refractivity contribution in [3.05, 3.63) is 35.7 Å². The average Bonchev–Trinajstić information content (AvgIpc) is 2.76. The van der Waals surface area contributed by atoms with Gasteiger partial charge in [0.2, 0.25) is 0 Å². The Labute approximate surface area is 131 Å². The van der Waals surface area contributed by atoms with E-state index in [-0.39, 0.29) is 0 Å². The van der Waals surface area contributed by atoms with Crippen LogP contribution in [0.2, 0.25) is 0 Å². The first-order chi connectivity index (χ1) is 10.3. The standard InChI is InChI=1S/C16H24N4O2/c1-16(2,3)22-15(21)19-8-6-5-7-18-11-13-9-14(10-17)20(4)12-13/h5-6,9,12,18H,7-8,11H2,1-4H3,(H,19,21)/b6-5+. The molecule has 1 amide bonds. The van der Waals surface area contributed by atoms with Gasteiger partial charge in [-0.15, -0.1) is 0 Å². The summed E-state index contributed by atoms with van der Waals surface area (Å²) in [5, 5.41) is 14.8. The first-order valence-electron chi connectivity index (χ1n) is 7.20. The topological polar surface area (TPSA) is 79.1 Å². The molecule has 22 heavy (non-hydrogen) atoms. The van der Waals surface area contributed by atoms with Gasteiger partial charge in [0.1, 0.15) is 17.4 Å². The summed E-state index contributed by atoms with van der Waals surface area (Å²) in [6, 6.07) is 3.99. The molecule has 1 aromatic rings. The predicted molar refractivity (Wildman–Crippen MR) is 85.2 cm³/mol. The van der Waals surface area contributed by atoms with E-state index in [1.165, 1.54) is 0 Å². The summed E-state index contributed by atoms with van der Waals surface area (Å²) >= 11 is 0. The van der Waals surface area contributed by atoms with Crippen LogP contribution in [0.5, 0.6) is 0 Å². The van der Waals surface area contributed by atoms with Gasteiger partial charge in [0.15, 0.2) is 0 Å². The second-order valence-corrected chi connectivity index (χ2v) is 5.94. The van der Waals surface area contributed by atoms with Crippen LogP contribution in [0.3, 0.4) is 0 Å². The van der Waals surface area contributed by atoms with Crippen LogP contribution in [0.1, 0.15) is 32.0 Å². The fraction of sp³-hybridized carbons (Fsp3) is 0.500. The number of nitrogens with zero attached hydrogens (tertiary/aromatic N) is 2. The van der Waals surface area contributed by atoms with E-state index in [1.54, 1.807) is 4.57 Å². The maximum atomic E-state index is 11.4. The van der Waals surface area contributed by atoms with Crippen molar-refractivity contribution in [3.63, 3.8) is 0 Å². The molecule has 6 heteroatoms. The van der Waals surface area contributed by atoms with E-state index < -0.39 is 11.7 Å². The van der Waals surface area contributed by atoms with E-state index in [0.717, 1.165) is 5.56 Å². The zero-order valence-electron chi connectivity index (χ0n) is 13.6. The Bertz CT molecular complexity index is 562. The highest BCUT2D eigenvalue weighted by molar-refractivity contribution is 5.67. The van der Waals surface area contributed by atoms with E-state index in [4.69, 9.17) is 10.00 Å². The molecule has 0 atom stereocenters. The minimum atomic E-state index is -0.479. The van der Waals surface area contributed by atoms with E-state index >= 15 is 0 Å². The van der Waals surface area contributed by atoms with Crippen LogP contribution in [0, 0.1) is 11.3 Å². The number of hydrogen-bond donors (Lipinski definition) is 2. The molecule has 2 N–H and O–H groups in total. The lowest BCUT2D eigenvalue weighted by Crippen LogP contribution is -2.32. The Kier molecular flexibility index (Phi) is 6.67. The van der Waals surface area contributed by atoms with Gasteiger partial charge in [-0.3, -0.25) is 0 Å². The molecule has 0 saturated carbocycles. The highest BCUT2D eigenvalue weighted by Crippen LogP contribution is 2.06. The molecule has 0 saturated heterocycles. The Balaban J connectivity index is 2.17. The van der Waals surface area contributed by atoms with Crippen molar-refractivity contribution in [3.8, 4) is 6.07 Å². The zero-order chi connectivity index (χ0) is 16.6. The van der Waals surface area contributed by atoms with Crippen LogP contribution in [-0.4, -0.2) is 29.4 Å². The van der Waals surface area contributed by atoms with E-state index in [9.17, 15) is 4.79 Å². The molecule has 0 bridgehead atoms. The molecule has 1 heterocycles. The van der Waals surface area contributed by atoms with E-state index in [0.29, 0.717) is 25.3 Å². The molecule has 0 radical (unpaired) electrons. The van der Waals surface area contributed by atoms with Crippen molar-refractivity contribution in [1.82, 2.24) is 15.2 Å². The Morgan fingerprint density at radius 1 is 1.41 bits per heavy atom. The summed E-state index contributed by atoms with van der Waals surface area (Å²) in [6.07, 6.45) is 5.31. The monoisotopic (exact) mass is 304 g/mol. The molecule has 1 rings (SSSR count). The number of aryl methyl sites for hydroxylation is 1. The number of nitriles is 1. The smallest absolute Gasteiger partial charge is 0.407 e. The minimum Gasteiger partial charge on any atom is -0.444 e. The molecule has 0 aliphatic carbocycles. The van der Waals surface area contributed by atoms with Crippen molar-refractivity contribution in [2.45, 2.75) is 32.9 Å². The lowest BCUT2D eigenvalue weighted by Gasteiger charge is -2.19. The van der Waals surface area contributed by atoms with E-state index in [1.807, 2.05) is 52.2 Å². The molecule has 120 valence electrons. The summed E-state index contributed by atoms with van der Waals surface area (Å²) in [4.78, 5) is 11.4. The fourth-order valence-corrected chi connectivity index (χ4v) is 1.76. The number of amides is 1. The average molecular weight is 304 g/mol. The number of rotatable bonds is 6. The van der Waals surface area contributed by atoms with Crippen molar-refractivity contribution < 1.29 is 9.53 Å². The van der Waals surface area contributed by atoms with Crippen LogP contribution in [0.25, 0.3) is 0 Å². The van der Waals surface area contributed by atoms with Crippen molar-refractivity contribution in [1.29, 1.82) is 5.26 Å².